The molecule has 140 valence electrons. The van der Waals surface area contributed by atoms with E-state index >= 15 is 0 Å². The minimum Gasteiger partial charge on any atom is -0.507 e. The fourth-order valence-corrected chi connectivity index (χ4v) is 3.08. The Bertz CT molecular complexity index is 879. The molecule has 0 spiro atoms. The van der Waals surface area contributed by atoms with E-state index in [-0.39, 0.29) is 11.3 Å². The molecule has 1 saturated heterocycles. The number of aliphatic hydroxyl groups excluding tert-OH is 1. The van der Waals surface area contributed by atoms with Gasteiger partial charge in [0.25, 0.3) is 11.7 Å². The summed E-state index contributed by atoms with van der Waals surface area (Å²) in [5.74, 6) is -2.12. The van der Waals surface area contributed by atoms with Crippen molar-refractivity contribution < 1.29 is 19.1 Å². The number of likely N-dealkylation sites (tertiary alicyclic amines) is 1. The first-order valence-corrected chi connectivity index (χ1v) is 8.49. The number of carbonyl (C=O) groups is 2. The first kappa shape index (κ1) is 18.7. The van der Waals surface area contributed by atoms with Gasteiger partial charge >= 0.3 is 0 Å². The highest BCUT2D eigenvalue weighted by molar-refractivity contribution is 6.46. The van der Waals surface area contributed by atoms with Crippen LogP contribution in [0.1, 0.15) is 17.2 Å². The highest BCUT2D eigenvalue weighted by Crippen LogP contribution is 2.39. The second kappa shape index (κ2) is 7.67. The van der Waals surface area contributed by atoms with Crippen molar-refractivity contribution in [1.29, 1.82) is 0 Å². The lowest BCUT2D eigenvalue weighted by atomic mass is 9.95. The summed E-state index contributed by atoms with van der Waals surface area (Å²) < 4.78 is 13.4. The highest BCUT2D eigenvalue weighted by atomic mass is 19.1. The zero-order chi connectivity index (χ0) is 19.6. The number of nitrogens with zero attached hydrogens (tertiary/aromatic N) is 3. The maximum atomic E-state index is 13.4. The van der Waals surface area contributed by atoms with Gasteiger partial charge in [0.1, 0.15) is 11.6 Å². The molecule has 1 aliphatic rings. The van der Waals surface area contributed by atoms with Crippen LogP contribution in [0.2, 0.25) is 0 Å². The van der Waals surface area contributed by atoms with Gasteiger partial charge in [0.15, 0.2) is 0 Å². The minimum atomic E-state index is -0.779. The van der Waals surface area contributed by atoms with E-state index in [0.29, 0.717) is 24.2 Å². The Morgan fingerprint density at radius 3 is 2.37 bits per heavy atom. The number of aliphatic hydroxyl groups is 1. The number of likely N-dealkylation sites (N-methyl/N-ethyl adjacent to an activating group) is 1. The Kier molecular flexibility index (Phi) is 5.32. The molecule has 1 amide bonds. The van der Waals surface area contributed by atoms with E-state index in [0.717, 1.165) is 0 Å². The molecule has 0 saturated carbocycles. The zero-order valence-electron chi connectivity index (χ0n) is 15.1. The Morgan fingerprint density at radius 1 is 1.15 bits per heavy atom. The van der Waals surface area contributed by atoms with Crippen molar-refractivity contribution in [3.8, 4) is 0 Å². The van der Waals surface area contributed by atoms with Gasteiger partial charge in [-0.1, -0.05) is 12.1 Å². The lowest BCUT2D eigenvalue weighted by molar-refractivity contribution is -0.140. The standard InChI is InChI=1S/C20H20FN3O3/c1-23(2)11-12-24-17(13-3-5-15(21)6-4-13)16(19(26)20(24)27)18(25)14-7-9-22-10-8-14/h3-10,17,25H,11-12H2,1-2H3/b18-16-. The highest BCUT2D eigenvalue weighted by Gasteiger charge is 2.45. The number of Topliss-reactive ketones (excluding diaryl/α,β-unsaturated/α-hetero) is 1. The van der Waals surface area contributed by atoms with Crippen LogP contribution in [0.15, 0.2) is 54.4 Å². The van der Waals surface area contributed by atoms with Crippen molar-refractivity contribution in [3.05, 3.63) is 71.3 Å². The van der Waals surface area contributed by atoms with Gasteiger partial charge in [-0.2, -0.15) is 0 Å². The molecule has 0 aliphatic carbocycles. The zero-order valence-corrected chi connectivity index (χ0v) is 15.1. The normalized spacial score (nSPS) is 19.1. The van der Waals surface area contributed by atoms with Gasteiger partial charge in [-0.3, -0.25) is 14.6 Å². The van der Waals surface area contributed by atoms with Crippen molar-refractivity contribution in [2.75, 3.05) is 27.2 Å². The predicted octanol–water partition coefficient (Wildman–Crippen LogP) is 2.20. The molecule has 0 bridgehead atoms. The van der Waals surface area contributed by atoms with E-state index < -0.39 is 23.5 Å². The van der Waals surface area contributed by atoms with Gasteiger partial charge < -0.3 is 14.9 Å². The summed E-state index contributed by atoms with van der Waals surface area (Å²) in [6.07, 6.45) is 2.98. The average molecular weight is 369 g/mol. The number of amides is 1. The summed E-state index contributed by atoms with van der Waals surface area (Å²) >= 11 is 0. The summed E-state index contributed by atoms with van der Waals surface area (Å²) in [6.45, 7) is 0.840. The number of carbonyl (C=O) groups excluding carboxylic acids is 2. The first-order chi connectivity index (χ1) is 12.9. The van der Waals surface area contributed by atoms with Crippen LogP contribution in [0.4, 0.5) is 4.39 Å². The monoisotopic (exact) mass is 369 g/mol. The van der Waals surface area contributed by atoms with Crippen molar-refractivity contribution in [2.24, 2.45) is 0 Å². The van der Waals surface area contributed by atoms with E-state index in [1.165, 1.54) is 41.6 Å². The third-order valence-electron chi connectivity index (χ3n) is 4.47. The van der Waals surface area contributed by atoms with E-state index in [9.17, 15) is 19.1 Å². The number of ketones is 1. The summed E-state index contributed by atoms with van der Waals surface area (Å²) in [4.78, 5) is 32.6. The third kappa shape index (κ3) is 3.73. The fourth-order valence-electron chi connectivity index (χ4n) is 3.08. The summed E-state index contributed by atoms with van der Waals surface area (Å²) in [6, 6.07) is 7.93. The number of aromatic nitrogens is 1. The van der Waals surface area contributed by atoms with Crippen LogP contribution in [0.5, 0.6) is 0 Å². The third-order valence-corrected chi connectivity index (χ3v) is 4.47. The van der Waals surface area contributed by atoms with Crippen LogP contribution in [0.3, 0.4) is 0 Å². The largest absolute Gasteiger partial charge is 0.507 e. The fraction of sp³-hybridized carbons (Fsp3) is 0.250. The van der Waals surface area contributed by atoms with Crippen LogP contribution in [-0.4, -0.2) is 58.8 Å². The van der Waals surface area contributed by atoms with Gasteiger partial charge in [-0.15, -0.1) is 0 Å². The van der Waals surface area contributed by atoms with Crippen LogP contribution in [0.25, 0.3) is 5.76 Å². The molecule has 1 fully saturated rings. The minimum absolute atomic E-state index is 0.00318. The topological polar surface area (TPSA) is 73.7 Å². The lowest BCUT2D eigenvalue weighted by Gasteiger charge is -2.26. The Morgan fingerprint density at radius 2 is 1.78 bits per heavy atom. The molecule has 1 aliphatic heterocycles. The molecule has 2 heterocycles. The number of hydrogen-bond acceptors (Lipinski definition) is 5. The molecule has 1 aromatic carbocycles. The molecule has 1 unspecified atom stereocenters. The number of pyridine rings is 1. The van der Waals surface area contributed by atoms with Gasteiger partial charge in [0.05, 0.1) is 11.6 Å². The van der Waals surface area contributed by atoms with Crippen LogP contribution >= 0.6 is 0 Å². The van der Waals surface area contributed by atoms with Crippen LogP contribution in [0, 0.1) is 5.82 Å². The van der Waals surface area contributed by atoms with Gasteiger partial charge in [-0.05, 0) is 43.9 Å². The molecule has 1 N–H and O–H groups in total. The molecule has 7 heteroatoms. The molecule has 1 atom stereocenters. The van der Waals surface area contributed by atoms with Gasteiger partial charge in [0.2, 0.25) is 0 Å². The molecule has 3 rings (SSSR count). The molecule has 1 aromatic heterocycles. The van der Waals surface area contributed by atoms with Crippen LogP contribution < -0.4 is 0 Å². The van der Waals surface area contributed by atoms with E-state index in [1.54, 1.807) is 12.1 Å². The average Bonchev–Trinajstić information content (AvgIpc) is 2.91. The molecule has 2 aromatic rings. The Labute approximate surface area is 156 Å². The number of rotatable bonds is 5. The number of benzene rings is 1. The molecule has 6 nitrogen and oxygen atoms in total. The van der Waals surface area contributed by atoms with Crippen molar-refractivity contribution in [1.82, 2.24) is 14.8 Å². The van der Waals surface area contributed by atoms with E-state index in [1.807, 2.05) is 19.0 Å². The lowest BCUT2D eigenvalue weighted by Crippen LogP contribution is -2.35. The van der Waals surface area contributed by atoms with Crippen molar-refractivity contribution >= 4 is 17.4 Å². The van der Waals surface area contributed by atoms with Gasteiger partial charge in [0, 0.05) is 31.0 Å². The molecule has 0 radical (unpaired) electrons. The smallest absolute Gasteiger partial charge is 0.295 e. The summed E-state index contributed by atoms with van der Waals surface area (Å²) in [7, 11) is 3.72. The molecular weight excluding hydrogens is 349 g/mol. The summed E-state index contributed by atoms with van der Waals surface area (Å²) in [5, 5.41) is 10.8. The maximum Gasteiger partial charge on any atom is 0.295 e. The molecule has 27 heavy (non-hydrogen) atoms. The number of halogens is 1. The first-order valence-electron chi connectivity index (χ1n) is 8.49. The predicted molar refractivity (Wildman–Crippen MR) is 98.2 cm³/mol. The molecular formula is C20H20FN3O3. The van der Waals surface area contributed by atoms with E-state index in [2.05, 4.69) is 4.98 Å². The maximum absolute atomic E-state index is 13.4. The Hall–Kier alpha value is -3.06. The van der Waals surface area contributed by atoms with Gasteiger partial charge in [-0.25, -0.2) is 4.39 Å². The van der Waals surface area contributed by atoms with Crippen LogP contribution in [-0.2, 0) is 9.59 Å². The number of hydrogen-bond donors (Lipinski definition) is 1. The SMILES string of the molecule is CN(C)CCN1C(=O)C(=O)/C(=C(\O)c2ccncc2)C1c1ccc(F)cc1. The Balaban J connectivity index is 2.13. The van der Waals surface area contributed by atoms with Crippen molar-refractivity contribution in [3.63, 3.8) is 0 Å². The second-order valence-corrected chi connectivity index (χ2v) is 6.58. The van der Waals surface area contributed by atoms with E-state index in [4.69, 9.17) is 0 Å². The summed E-state index contributed by atoms with van der Waals surface area (Å²) in [5.41, 5.74) is 0.948. The second-order valence-electron chi connectivity index (χ2n) is 6.58. The quantitative estimate of drug-likeness (QED) is 0.497. The van der Waals surface area contributed by atoms with Crippen molar-refractivity contribution in [2.45, 2.75) is 6.04 Å².